The predicted octanol–water partition coefficient (Wildman–Crippen LogP) is 2.77. The van der Waals surface area contributed by atoms with Gasteiger partial charge in [-0.1, -0.05) is 38.8 Å². The van der Waals surface area contributed by atoms with Crippen molar-refractivity contribution < 1.29 is 8.42 Å². The minimum absolute atomic E-state index is 0.0169. The molecule has 0 spiro atoms. The van der Waals surface area contributed by atoms with Crippen LogP contribution in [0.4, 0.5) is 0 Å². The third kappa shape index (κ3) is 4.65. The van der Waals surface area contributed by atoms with Crippen molar-refractivity contribution in [3.05, 3.63) is 57.5 Å². The molecule has 3 rings (SSSR count). The molecule has 1 saturated carbocycles. The van der Waals surface area contributed by atoms with E-state index in [9.17, 15) is 13.2 Å². The first kappa shape index (κ1) is 19.8. The van der Waals surface area contributed by atoms with Gasteiger partial charge in [0.15, 0.2) is 0 Å². The molecule has 1 aromatic carbocycles. The summed E-state index contributed by atoms with van der Waals surface area (Å²) < 4.78 is 28.4. The Kier molecular flexibility index (Phi) is 5.81. The van der Waals surface area contributed by atoms with E-state index in [1.165, 1.54) is 0 Å². The number of rotatable bonds is 5. The van der Waals surface area contributed by atoms with Crippen LogP contribution in [0.25, 0.3) is 0 Å². The zero-order valence-electron chi connectivity index (χ0n) is 16.0. The molecule has 27 heavy (non-hydrogen) atoms. The molecule has 0 radical (unpaired) electrons. The number of benzene rings is 1. The second-order valence-electron chi connectivity index (χ2n) is 7.68. The number of hydrogen-bond acceptors (Lipinski definition) is 4. The average Bonchev–Trinajstić information content (AvgIpc) is 2.62. The molecule has 6 nitrogen and oxygen atoms in total. The van der Waals surface area contributed by atoms with Crippen molar-refractivity contribution in [2.45, 2.75) is 57.4 Å². The Morgan fingerprint density at radius 2 is 1.89 bits per heavy atom. The molecule has 1 heterocycles. The van der Waals surface area contributed by atoms with Gasteiger partial charge in [-0.25, -0.2) is 18.2 Å². The maximum atomic E-state index is 12.7. The molecule has 0 saturated heterocycles. The van der Waals surface area contributed by atoms with E-state index in [1.807, 2.05) is 6.92 Å². The number of aryl methyl sites for hydroxylation is 1. The van der Waals surface area contributed by atoms with Gasteiger partial charge >= 0.3 is 0 Å². The summed E-state index contributed by atoms with van der Waals surface area (Å²) in [6.07, 6.45) is 3.52. The maximum absolute atomic E-state index is 12.7. The number of sulfonamides is 1. The van der Waals surface area contributed by atoms with Gasteiger partial charge in [-0.15, -0.1) is 0 Å². The predicted molar refractivity (Wildman–Crippen MR) is 105 cm³/mol. The Morgan fingerprint density at radius 3 is 2.59 bits per heavy atom. The highest BCUT2D eigenvalue weighted by Crippen LogP contribution is 2.30. The molecule has 3 atom stereocenters. The SMILES string of the molecule is Cc1cc(Cc2ccc(S(=O)(=O)N[C@@H]3CCC[C@@H](C)[C@@H]3C)cc2)c(=O)[nH]n1. The lowest BCUT2D eigenvalue weighted by atomic mass is 9.78. The van der Waals surface area contributed by atoms with Crippen molar-refractivity contribution in [3.63, 3.8) is 0 Å². The summed E-state index contributed by atoms with van der Waals surface area (Å²) in [6.45, 7) is 6.12. The fourth-order valence-electron chi connectivity index (χ4n) is 3.71. The Balaban J connectivity index is 1.74. The number of aromatic amines is 1. The molecule has 1 fully saturated rings. The van der Waals surface area contributed by atoms with Crippen LogP contribution in [0.5, 0.6) is 0 Å². The molecule has 7 heteroatoms. The summed E-state index contributed by atoms with van der Waals surface area (Å²) >= 11 is 0. The zero-order chi connectivity index (χ0) is 19.6. The van der Waals surface area contributed by atoms with Crippen molar-refractivity contribution in [3.8, 4) is 0 Å². The van der Waals surface area contributed by atoms with Crippen LogP contribution < -0.4 is 10.3 Å². The van der Waals surface area contributed by atoms with E-state index in [4.69, 9.17) is 0 Å². The van der Waals surface area contributed by atoms with E-state index in [-0.39, 0.29) is 16.5 Å². The fourth-order valence-corrected chi connectivity index (χ4v) is 5.08. The molecule has 0 amide bonds. The van der Waals surface area contributed by atoms with E-state index in [1.54, 1.807) is 30.3 Å². The van der Waals surface area contributed by atoms with Crippen LogP contribution in [0.3, 0.4) is 0 Å². The minimum Gasteiger partial charge on any atom is -0.268 e. The largest absolute Gasteiger partial charge is 0.268 e. The van der Waals surface area contributed by atoms with Gasteiger partial charge in [-0.3, -0.25) is 4.79 Å². The molecule has 2 aromatic rings. The Morgan fingerprint density at radius 1 is 1.19 bits per heavy atom. The minimum atomic E-state index is -3.55. The van der Waals surface area contributed by atoms with E-state index in [0.717, 1.165) is 30.5 Å². The van der Waals surface area contributed by atoms with Crippen LogP contribution in [0.2, 0.25) is 0 Å². The van der Waals surface area contributed by atoms with E-state index < -0.39 is 10.0 Å². The van der Waals surface area contributed by atoms with Gasteiger partial charge in [-0.2, -0.15) is 5.10 Å². The van der Waals surface area contributed by atoms with Crippen LogP contribution in [-0.2, 0) is 16.4 Å². The third-order valence-electron chi connectivity index (χ3n) is 5.65. The first-order valence-electron chi connectivity index (χ1n) is 9.43. The van der Waals surface area contributed by atoms with E-state index in [0.29, 0.717) is 23.8 Å². The van der Waals surface area contributed by atoms with Crippen LogP contribution in [0.15, 0.2) is 40.0 Å². The smallest absolute Gasteiger partial charge is 0.267 e. The third-order valence-corrected chi connectivity index (χ3v) is 7.16. The second-order valence-corrected chi connectivity index (χ2v) is 9.39. The van der Waals surface area contributed by atoms with Gasteiger partial charge < -0.3 is 0 Å². The lowest BCUT2D eigenvalue weighted by molar-refractivity contribution is 0.227. The van der Waals surface area contributed by atoms with Crippen LogP contribution in [-0.4, -0.2) is 24.7 Å². The molecule has 146 valence electrons. The number of H-pyrrole nitrogens is 1. The topological polar surface area (TPSA) is 91.9 Å². The number of aromatic nitrogens is 2. The lowest BCUT2D eigenvalue weighted by Gasteiger charge is -2.34. The van der Waals surface area contributed by atoms with Crippen molar-refractivity contribution >= 4 is 10.0 Å². The van der Waals surface area contributed by atoms with Crippen molar-refractivity contribution in [1.29, 1.82) is 0 Å². The summed E-state index contributed by atoms with van der Waals surface area (Å²) in [7, 11) is -3.55. The summed E-state index contributed by atoms with van der Waals surface area (Å²) in [5.74, 6) is 0.852. The first-order chi connectivity index (χ1) is 12.8. The molecule has 1 aromatic heterocycles. The summed E-state index contributed by atoms with van der Waals surface area (Å²) in [5, 5.41) is 6.33. The van der Waals surface area contributed by atoms with Gasteiger partial charge in [-0.05, 0) is 48.9 Å². The molecule has 0 unspecified atom stereocenters. The van der Waals surface area contributed by atoms with Crippen molar-refractivity contribution in [2.24, 2.45) is 11.8 Å². The number of nitrogens with zero attached hydrogens (tertiary/aromatic N) is 1. The fraction of sp³-hybridized carbons (Fsp3) is 0.500. The van der Waals surface area contributed by atoms with E-state index >= 15 is 0 Å². The maximum Gasteiger partial charge on any atom is 0.267 e. The van der Waals surface area contributed by atoms with Crippen LogP contribution in [0, 0.1) is 18.8 Å². The highest BCUT2D eigenvalue weighted by Gasteiger charge is 2.30. The van der Waals surface area contributed by atoms with Crippen LogP contribution in [0.1, 0.15) is 49.9 Å². The summed E-state index contributed by atoms with van der Waals surface area (Å²) in [5.41, 5.74) is 2.01. The second kappa shape index (κ2) is 7.94. The van der Waals surface area contributed by atoms with Crippen LogP contribution >= 0.6 is 0 Å². The zero-order valence-corrected chi connectivity index (χ0v) is 16.8. The lowest BCUT2D eigenvalue weighted by Crippen LogP contribution is -2.43. The molecule has 0 aliphatic heterocycles. The van der Waals surface area contributed by atoms with Crippen molar-refractivity contribution in [2.75, 3.05) is 0 Å². The highest BCUT2D eigenvalue weighted by atomic mass is 32.2. The Labute approximate surface area is 160 Å². The van der Waals surface area contributed by atoms with Crippen molar-refractivity contribution in [1.82, 2.24) is 14.9 Å². The molecule has 1 aliphatic rings. The summed E-state index contributed by atoms with van der Waals surface area (Å²) in [4.78, 5) is 12.1. The van der Waals surface area contributed by atoms with Gasteiger partial charge in [0.2, 0.25) is 10.0 Å². The normalized spacial score (nSPS) is 23.3. The van der Waals surface area contributed by atoms with E-state index in [2.05, 4.69) is 28.8 Å². The summed E-state index contributed by atoms with van der Waals surface area (Å²) in [6, 6.07) is 8.47. The number of hydrogen-bond donors (Lipinski definition) is 2. The average molecular weight is 390 g/mol. The van der Waals surface area contributed by atoms with Gasteiger partial charge in [0.05, 0.1) is 10.6 Å². The molecular weight excluding hydrogens is 362 g/mol. The van der Waals surface area contributed by atoms with Gasteiger partial charge in [0.25, 0.3) is 5.56 Å². The first-order valence-corrected chi connectivity index (χ1v) is 10.9. The Bertz CT molecular complexity index is 951. The Hall–Kier alpha value is -1.99. The monoisotopic (exact) mass is 389 g/mol. The van der Waals surface area contributed by atoms with Gasteiger partial charge in [0, 0.05) is 18.0 Å². The standard InChI is InChI=1S/C20H27N3O3S/c1-13-5-4-6-19(15(13)3)23-27(25,26)18-9-7-16(8-10-18)12-17-11-14(2)21-22-20(17)24/h7-11,13,15,19,23H,4-6,12H2,1-3H3,(H,22,24)/t13-,15+,19-/m1/s1. The molecule has 0 bridgehead atoms. The quantitative estimate of drug-likeness (QED) is 0.822. The number of nitrogens with one attached hydrogen (secondary N) is 2. The van der Waals surface area contributed by atoms with Gasteiger partial charge in [0.1, 0.15) is 0 Å². The highest BCUT2D eigenvalue weighted by molar-refractivity contribution is 7.89. The molecule has 1 aliphatic carbocycles. The molecule has 2 N–H and O–H groups in total. The molecular formula is C20H27N3O3S.